The molecule has 0 bridgehead atoms. The highest BCUT2D eigenvalue weighted by Gasteiger charge is 2.41. The predicted molar refractivity (Wildman–Crippen MR) is 114 cm³/mol. The number of halogens is 2. The highest BCUT2D eigenvalue weighted by Crippen LogP contribution is 2.44. The van der Waals surface area contributed by atoms with Crippen LogP contribution in [0.3, 0.4) is 0 Å². The molecule has 0 unspecified atom stereocenters. The summed E-state index contributed by atoms with van der Waals surface area (Å²) in [6.07, 6.45) is 1.82. The van der Waals surface area contributed by atoms with Crippen molar-refractivity contribution in [3.63, 3.8) is 0 Å². The first-order valence-electron chi connectivity index (χ1n) is 7.63. The lowest BCUT2D eigenvalue weighted by atomic mass is 10.0. The third-order valence-electron chi connectivity index (χ3n) is 4.08. The molecule has 1 aliphatic heterocycles. The number of aromatic nitrogens is 1. The van der Waals surface area contributed by atoms with Crippen molar-refractivity contribution in [3.05, 3.63) is 79.6 Å². The summed E-state index contributed by atoms with van der Waals surface area (Å²) in [4.78, 5) is 7.97. The van der Waals surface area contributed by atoms with Gasteiger partial charge in [0.15, 0.2) is 5.11 Å². The Balaban J connectivity index is 1.81. The number of anilines is 1. The molecule has 7 heteroatoms. The first-order chi connectivity index (χ1) is 12.1. The van der Waals surface area contributed by atoms with Gasteiger partial charge in [-0.15, -0.1) is 11.3 Å². The summed E-state index contributed by atoms with van der Waals surface area (Å²) < 4.78 is 2.13. The molecule has 25 heavy (non-hydrogen) atoms. The van der Waals surface area contributed by atoms with Gasteiger partial charge in [-0.25, -0.2) is 0 Å². The number of pyridine rings is 1. The van der Waals surface area contributed by atoms with Crippen molar-refractivity contribution >= 4 is 66.2 Å². The number of nitrogens with zero attached hydrogens (tertiary/aromatic N) is 2. The Morgan fingerprint density at radius 1 is 1.08 bits per heavy atom. The maximum atomic E-state index is 5.68. The van der Waals surface area contributed by atoms with E-state index in [9.17, 15) is 0 Å². The third-order valence-corrected chi connectivity index (χ3v) is 6.69. The molecule has 1 aromatic carbocycles. The number of hydrogen-bond donors (Lipinski definition) is 1. The average molecular weight is 495 g/mol. The lowest BCUT2D eigenvalue weighted by Crippen LogP contribution is -2.28. The fourth-order valence-corrected chi connectivity index (χ4v) is 5.19. The first-order valence-corrected chi connectivity index (χ1v) is 10.5. The molecular formula is C18H13Br2N3S2. The summed E-state index contributed by atoms with van der Waals surface area (Å²) in [6, 6.07) is 16.4. The molecule has 0 amide bonds. The zero-order valence-corrected chi connectivity index (χ0v) is 17.7. The molecule has 4 rings (SSSR count). The Morgan fingerprint density at radius 2 is 1.88 bits per heavy atom. The van der Waals surface area contributed by atoms with Gasteiger partial charge in [0.25, 0.3) is 0 Å². The Bertz CT molecular complexity index is 896. The molecule has 2 aromatic heterocycles. The van der Waals surface area contributed by atoms with Crippen LogP contribution in [0.1, 0.15) is 22.7 Å². The largest absolute Gasteiger partial charge is 0.351 e. The molecule has 126 valence electrons. The van der Waals surface area contributed by atoms with Crippen molar-refractivity contribution in [2.75, 3.05) is 4.90 Å². The summed E-state index contributed by atoms with van der Waals surface area (Å²) in [5.74, 6) is 0. The summed E-state index contributed by atoms with van der Waals surface area (Å²) in [5, 5.41) is 6.28. The SMILES string of the molecule is S=C1N[C@@H](c2ccccn2)[C@H](c2cc(Br)cs2)N1c1ccc(Br)cc1. The normalized spacial score (nSPS) is 19.9. The number of thiophene rings is 1. The van der Waals surface area contributed by atoms with Crippen LogP contribution in [0.4, 0.5) is 5.69 Å². The quantitative estimate of drug-likeness (QED) is 0.462. The lowest BCUT2D eigenvalue weighted by molar-refractivity contribution is 0.575. The summed E-state index contributed by atoms with van der Waals surface area (Å²) >= 11 is 14.5. The van der Waals surface area contributed by atoms with E-state index in [0.29, 0.717) is 5.11 Å². The third kappa shape index (κ3) is 3.38. The van der Waals surface area contributed by atoms with Gasteiger partial charge < -0.3 is 10.2 Å². The van der Waals surface area contributed by atoms with Crippen LogP contribution in [0, 0.1) is 0 Å². The van der Waals surface area contributed by atoms with Crippen LogP contribution >= 0.6 is 55.4 Å². The van der Waals surface area contributed by atoms with Gasteiger partial charge in [0.1, 0.15) is 0 Å². The van der Waals surface area contributed by atoms with Gasteiger partial charge in [0, 0.05) is 31.1 Å². The maximum absolute atomic E-state index is 5.68. The molecule has 0 saturated carbocycles. The summed E-state index contributed by atoms with van der Waals surface area (Å²) in [7, 11) is 0. The van der Waals surface area contributed by atoms with Crippen LogP contribution in [0.2, 0.25) is 0 Å². The molecule has 0 aliphatic carbocycles. The molecule has 0 spiro atoms. The van der Waals surface area contributed by atoms with Gasteiger partial charge in [-0.1, -0.05) is 22.0 Å². The number of hydrogen-bond acceptors (Lipinski definition) is 3. The summed E-state index contributed by atoms with van der Waals surface area (Å²) in [6.45, 7) is 0. The number of thiocarbonyl (C=S) groups is 1. The van der Waals surface area contributed by atoms with Crippen molar-refractivity contribution in [2.24, 2.45) is 0 Å². The lowest BCUT2D eigenvalue weighted by Gasteiger charge is -2.26. The molecule has 1 fully saturated rings. The van der Waals surface area contributed by atoms with Crippen LogP contribution in [0.15, 0.2) is 69.1 Å². The molecule has 3 heterocycles. The van der Waals surface area contributed by atoms with E-state index in [0.717, 1.165) is 20.3 Å². The Kier molecular flexibility index (Phi) is 4.90. The molecule has 1 saturated heterocycles. The molecule has 2 atom stereocenters. The minimum Gasteiger partial charge on any atom is -0.351 e. The Labute approximate surface area is 172 Å². The van der Waals surface area contributed by atoms with E-state index in [-0.39, 0.29) is 12.1 Å². The van der Waals surface area contributed by atoms with Gasteiger partial charge in [-0.2, -0.15) is 0 Å². The van der Waals surface area contributed by atoms with E-state index in [1.807, 2.05) is 36.5 Å². The highest BCUT2D eigenvalue weighted by atomic mass is 79.9. The van der Waals surface area contributed by atoms with Crippen molar-refractivity contribution in [1.29, 1.82) is 0 Å². The van der Waals surface area contributed by atoms with E-state index >= 15 is 0 Å². The average Bonchev–Trinajstić information content (AvgIpc) is 3.20. The fraction of sp³-hybridized carbons (Fsp3) is 0.111. The van der Waals surface area contributed by atoms with Gasteiger partial charge >= 0.3 is 0 Å². The van der Waals surface area contributed by atoms with Gasteiger partial charge in [0.2, 0.25) is 0 Å². The topological polar surface area (TPSA) is 28.2 Å². The zero-order chi connectivity index (χ0) is 17.4. The second kappa shape index (κ2) is 7.15. The highest BCUT2D eigenvalue weighted by molar-refractivity contribution is 9.10. The number of rotatable bonds is 3. The minimum absolute atomic E-state index is 0.00268. The maximum Gasteiger partial charge on any atom is 0.174 e. The van der Waals surface area contributed by atoms with Crippen molar-refractivity contribution in [1.82, 2.24) is 10.3 Å². The second-order valence-electron chi connectivity index (χ2n) is 5.64. The van der Waals surface area contributed by atoms with Crippen LogP contribution in [0.25, 0.3) is 0 Å². The molecule has 1 aliphatic rings. The molecule has 1 N–H and O–H groups in total. The van der Waals surface area contributed by atoms with E-state index < -0.39 is 0 Å². The van der Waals surface area contributed by atoms with E-state index in [1.165, 1.54) is 4.88 Å². The van der Waals surface area contributed by atoms with Gasteiger partial charge in [-0.05, 0) is 70.6 Å². The van der Waals surface area contributed by atoms with Crippen molar-refractivity contribution in [2.45, 2.75) is 12.1 Å². The van der Waals surface area contributed by atoms with Crippen LogP contribution in [-0.4, -0.2) is 10.1 Å². The van der Waals surface area contributed by atoms with Crippen molar-refractivity contribution < 1.29 is 0 Å². The Morgan fingerprint density at radius 3 is 2.52 bits per heavy atom. The zero-order valence-electron chi connectivity index (χ0n) is 12.9. The van der Waals surface area contributed by atoms with E-state index in [2.05, 4.69) is 70.6 Å². The summed E-state index contributed by atoms with van der Waals surface area (Å²) in [5.41, 5.74) is 2.05. The number of nitrogens with one attached hydrogen (secondary N) is 1. The van der Waals surface area contributed by atoms with Crippen LogP contribution in [0.5, 0.6) is 0 Å². The van der Waals surface area contributed by atoms with Gasteiger partial charge in [-0.3, -0.25) is 4.98 Å². The molecule has 0 radical (unpaired) electrons. The predicted octanol–water partition coefficient (Wildman–Crippen LogP) is 5.85. The van der Waals surface area contributed by atoms with Crippen LogP contribution < -0.4 is 10.2 Å². The first kappa shape index (κ1) is 17.1. The van der Waals surface area contributed by atoms with E-state index in [1.54, 1.807) is 11.3 Å². The molecule has 3 nitrogen and oxygen atoms in total. The fourth-order valence-electron chi connectivity index (χ4n) is 3.01. The molecular weight excluding hydrogens is 482 g/mol. The van der Waals surface area contributed by atoms with Crippen molar-refractivity contribution in [3.8, 4) is 0 Å². The minimum atomic E-state index is 0.00268. The molecule has 3 aromatic rings. The smallest absolute Gasteiger partial charge is 0.174 e. The monoisotopic (exact) mass is 493 g/mol. The second-order valence-corrected chi connectivity index (χ2v) is 8.80. The standard InChI is InChI=1S/C18H13Br2N3S2/c19-11-4-6-13(7-5-11)23-17(15-9-12(20)10-25-15)16(22-18(23)24)14-3-1-2-8-21-14/h1-10,16-17H,(H,22,24)/t16-,17-/m0/s1. The van der Waals surface area contributed by atoms with E-state index in [4.69, 9.17) is 12.2 Å². The van der Waals surface area contributed by atoms with Gasteiger partial charge in [0.05, 0.1) is 17.8 Å². The Hall–Kier alpha value is -1.28. The van der Waals surface area contributed by atoms with Crippen LogP contribution in [-0.2, 0) is 0 Å². The number of benzene rings is 1.